The van der Waals surface area contributed by atoms with E-state index in [1.807, 2.05) is 25.2 Å². The Kier molecular flexibility index (Phi) is 5.33. The fraction of sp³-hybridized carbons (Fsp3) is 0.500. The average Bonchev–Trinajstić information content (AvgIpc) is 3.20. The monoisotopic (exact) mass is 344 g/mol. The second-order valence-electron chi connectivity index (χ2n) is 6.37. The summed E-state index contributed by atoms with van der Waals surface area (Å²) in [6.07, 6.45) is 3.08. The molecule has 2 N–H and O–H groups in total. The van der Waals surface area contributed by atoms with Gasteiger partial charge in [-0.3, -0.25) is 9.59 Å². The summed E-state index contributed by atoms with van der Waals surface area (Å²) in [5, 5.41) is 5.70. The Morgan fingerprint density at radius 3 is 2.96 bits per heavy atom. The van der Waals surface area contributed by atoms with Gasteiger partial charge >= 0.3 is 0 Å². The topological polar surface area (TPSA) is 85.2 Å². The molecule has 1 unspecified atom stereocenters. The molecule has 7 heteroatoms. The van der Waals surface area contributed by atoms with Gasteiger partial charge in [0.15, 0.2) is 0 Å². The number of rotatable bonds is 6. The van der Waals surface area contributed by atoms with E-state index < -0.39 is 0 Å². The van der Waals surface area contributed by atoms with Crippen LogP contribution in [0.3, 0.4) is 0 Å². The lowest BCUT2D eigenvalue weighted by Gasteiger charge is -2.10. The Bertz CT molecular complexity index is 778. The fourth-order valence-corrected chi connectivity index (χ4v) is 3.11. The lowest BCUT2D eigenvalue weighted by atomic mass is 10.2. The zero-order valence-electron chi connectivity index (χ0n) is 14.7. The van der Waals surface area contributed by atoms with Gasteiger partial charge in [-0.05, 0) is 37.5 Å². The van der Waals surface area contributed by atoms with E-state index in [1.165, 1.54) is 6.92 Å². The van der Waals surface area contributed by atoms with Gasteiger partial charge in [-0.15, -0.1) is 0 Å². The van der Waals surface area contributed by atoms with Gasteiger partial charge in [0, 0.05) is 39.2 Å². The van der Waals surface area contributed by atoms with E-state index in [0.717, 1.165) is 48.2 Å². The normalized spacial score (nSPS) is 17.0. The number of aromatic nitrogens is 2. The lowest BCUT2D eigenvalue weighted by molar-refractivity contribution is -0.130. The molecule has 7 nitrogen and oxygen atoms in total. The number of hydrogen-bond acceptors (Lipinski definition) is 4. The third kappa shape index (κ3) is 4.17. The molecule has 0 saturated carbocycles. The van der Waals surface area contributed by atoms with Crippen molar-refractivity contribution in [3.63, 3.8) is 0 Å². The van der Waals surface area contributed by atoms with Crippen LogP contribution < -0.4 is 10.6 Å². The van der Waals surface area contributed by atoms with Crippen LogP contribution >= 0.6 is 0 Å². The van der Waals surface area contributed by atoms with Crippen molar-refractivity contribution in [1.82, 2.24) is 14.9 Å². The number of anilines is 1. The minimum absolute atomic E-state index is 0.0116. The van der Waals surface area contributed by atoms with Gasteiger partial charge in [-0.2, -0.15) is 0 Å². The number of carbonyl (C=O) groups is 2. The summed E-state index contributed by atoms with van der Waals surface area (Å²) in [6.45, 7) is 2.77. The van der Waals surface area contributed by atoms with Crippen LogP contribution in [0.25, 0.3) is 11.0 Å². The molecule has 0 bridgehead atoms. The Morgan fingerprint density at radius 1 is 1.40 bits per heavy atom. The maximum atomic E-state index is 11.9. The highest BCUT2D eigenvalue weighted by molar-refractivity contribution is 5.91. The molecule has 1 atom stereocenters. The molecule has 25 heavy (non-hydrogen) atoms. The van der Waals surface area contributed by atoms with E-state index in [2.05, 4.69) is 20.2 Å². The van der Waals surface area contributed by atoms with E-state index in [4.69, 9.17) is 4.74 Å². The maximum Gasteiger partial charge on any atom is 0.249 e. The van der Waals surface area contributed by atoms with Crippen LogP contribution in [0.15, 0.2) is 18.2 Å². The van der Waals surface area contributed by atoms with Crippen molar-refractivity contribution in [3.8, 4) is 0 Å². The van der Waals surface area contributed by atoms with Crippen molar-refractivity contribution in [2.24, 2.45) is 7.05 Å². The number of aryl methyl sites for hydroxylation is 2. The quantitative estimate of drug-likeness (QED) is 0.782. The van der Waals surface area contributed by atoms with Crippen molar-refractivity contribution in [1.29, 1.82) is 0 Å². The molecule has 1 fully saturated rings. The number of hydrogen-bond donors (Lipinski definition) is 2. The summed E-state index contributed by atoms with van der Waals surface area (Å²) in [4.78, 5) is 27.7. The summed E-state index contributed by atoms with van der Waals surface area (Å²) in [6, 6.07) is 5.70. The molecule has 2 heterocycles. The van der Waals surface area contributed by atoms with Crippen LogP contribution in [0.1, 0.15) is 32.0 Å². The Morgan fingerprint density at radius 2 is 2.24 bits per heavy atom. The zero-order chi connectivity index (χ0) is 17.8. The molecule has 2 amide bonds. The van der Waals surface area contributed by atoms with Crippen LogP contribution in [0, 0.1) is 0 Å². The van der Waals surface area contributed by atoms with Gasteiger partial charge in [0.05, 0.1) is 11.0 Å². The molecular formula is C18H24N4O3. The number of nitrogens with zero attached hydrogens (tertiary/aromatic N) is 2. The fourth-order valence-electron chi connectivity index (χ4n) is 3.11. The molecule has 2 aromatic rings. The molecule has 1 saturated heterocycles. The predicted octanol–water partition coefficient (Wildman–Crippen LogP) is 1.76. The summed E-state index contributed by atoms with van der Waals surface area (Å²) in [5.41, 5.74) is 2.62. The first-order chi connectivity index (χ1) is 12.0. The van der Waals surface area contributed by atoms with Crippen molar-refractivity contribution in [2.75, 3.05) is 18.5 Å². The largest absolute Gasteiger partial charge is 0.368 e. The van der Waals surface area contributed by atoms with Gasteiger partial charge in [0.1, 0.15) is 11.9 Å². The highest BCUT2D eigenvalue weighted by Gasteiger charge is 2.22. The first kappa shape index (κ1) is 17.4. The van der Waals surface area contributed by atoms with Gasteiger partial charge in [0.2, 0.25) is 11.8 Å². The lowest BCUT2D eigenvalue weighted by Crippen LogP contribution is -2.34. The third-order valence-corrected chi connectivity index (χ3v) is 4.39. The zero-order valence-corrected chi connectivity index (χ0v) is 14.7. The second kappa shape index (κ2) is 7.65. The summed E-state index contributed by atoms with van der Waals surface area (Å²) in [7, 11) is 1.98. The number of imidazole rings is 1. The van der Waals surface area contributed by atoms with E-state index in [0.29, 0.717) is 13.2 Å². The van der Waals surface area contributed by atoms with Crippen LogP contribution in [0.4, 0.5) is 5.69 Å². The van der Waals surface area contributed by atoms with Gasteiger partial charge in [-0.25, -0.2) is 4.98 Å². The molecule has 1 aromatic carbocycles. The predicted molar refractivity (Wildman–Crippen MR) is 95.3 cm³/mol. The van der Waals surface area contributed by atoms with Crippen LogP contribution in [0.2, 0.25) is 0 Å². The number of benzene rings is 1. The van der Waals surface area contributed by atoms with Gasteiger partial charge in [-0.1, -0.05) is 0 Å². The summed E-state index contributed by atoms with van der Waals surface area (Å²) >= 11 is 0. The number of ether oxygens (including phenoxy) is 1. The van der Waals surface area contributed by atoms with Crippen LogP contribution in [-0.2, 0) is 27.8 Å². The summed E-state index contributed by atoms with van der Waals surface area (Å²) in [5.74, 6) is 0.848. The average molecular weight is 344 g/mol. The van der Waals surface area contributed by atoms with Crippen LogP contribution in [-0.4, -0.2) is 40.6 Å². The molecule has 0 aliphatic carbocycles. The Balaban J connectivity index is 1.56. The first-order valence-corrected chi connectivity index (χ1v) is 8.67. The van der Waals surface area contributed by atoms with Gasteiger partial charge < -0.3 is 19.9 Å². The van der Waals surface area contributed by atoms with E-state index in [9.17, 15) is 9.59 Å². The molecule has 1 aliphatic heterocycles. The highest BCUT2D eigenvalue weighted by Crippen LogP contribution is 2.20. The van der Waals surface area contributed by atoms with Crippen LogP contribution in [0.5, 0.6) is 0 Å². The van der Waals surface area contributed by atoms with E-state index in [1.54, 1.807) is 0 Å². The van der Waals surface area contributed by atoms with Crippen molar-refractivity contribution in [2.45, 2.75) is 38.7 Å². The third-order valence-electron chi connectivity index (χ3n) is 4.39. The molecule has 0 radical (unpaired) electrons. The number of nitrogens with one attached hydrogen (secondary N) is 2. The second-order valence-corrected chi connectivity index (χ2v) is 6.37. The molecule has 3 rings (SSSR count). The Labute approximate surface area is 146 Å². The number of carbonyl (C=O) groups excluding carboxylic acids is 2. The molecule has 1 aliphatic rings. The molecular weight excluding hydrogens is 320 g/mol. The summed E-state index contributed by atoms with van der Waals surface area (Å²) < 4.78 is 7.42. The molecule has 1 aromatic heterocycles. The SMILES string of the molecule is CC(=O)Nc1ccc2c(c1)nc(CCCNC(=O)C1CCCO1)n2C. The number of fused-ring (bicyclic) bond motifs is 1. The smallest absolute Gasteiger partial charge is 0.249 e. The standard InChI is InChI=1S/C18H24N4O3/c1-12(23)20-13-7-8-15-14(11-13)21-17(22(15)2)6-3-9-19-18(24)16-5-4-10-25-16/h7-8,11,16H,3-6,9-10H2,1-2H3,(H,19,24)(H,20,23). The molecule has 134 valence electrons. The molecule has 0 spiro atoms. The van der Waals surface area contributed by atoms with Crippen molar-refractivity contribution >= 4 is 28.5 Å². The van der Waals surface area contributed by atoms with Crippen molar-refractivity contribution in [3.05, 3.63) is 24.0 Å². The minimum atomic E-state index is -0.275. The van der Waals surface area contributed by atoms with E-state index in [-0.39, 0.29) is 17.9 Å². The minimum Gasteiger partial charge on any atom is -0.368 e. The van der Waals surface area contributed by atoms with E-state index >= 15 is 0 Å². The van der Waals surface area contributed by atoms with Crippen molar-refractivity contribution < 1.29 is 14.3 Å². The number of amides is 2. The Hall–Kier alpha value is -2.41. The maximum absolute atomic E-state index is 11.9. The first-order valence-electron chi connectivity index (χ1n) is 8.67. The highest BCUT2D eigenvalue weighted by atomic mass is 16.5. The van der Waals surface area contributed by atoms with Gasteiger partial charge in [0.25, 0.3) is 0 Å².